The van der Waals surface area contributed by atoms with Gasteiger partial charge in [-0.15, -0.1) is 0 Å². The summed E-state index contributed by atoms with van der Waals surface area (Å²) in [6.45, 7) is 8.20. The van der Waals surface area contributed by atoms with Gasteiger partial charge in [0.15, 0.2) is 0 Å². The van der Waals surface area contributed by atoms with E-state index in [0.717, 1.165) is 49.6 Å². The lowest BCUT2D eigenvalue weighted by atomic mass is 9.95. The fourth-order valence-electron chi connectivity index (χ4n) is 11.1. The normalized spacial score (nSPS) is 23.6. The molecule has 10 rings (SSSR count). The number of hydrogen-bond donors (Lipinski definition) is 5. The average molecular weight is 891 g/mol. The first-order valence-corrected chi connectivity index (χ1v) is 22.8. The molecular weight excluding hydrogens is 835 g/mol. The van der Waals surface area contributed by atoms with E-state index in [1.807, 2.05) is 67.8 Å². The van der Waals surface area contributed by atoms with E-state index in [9.17, 15) is 19.5 Å². The molecule has 2 saturated heterocycles. The van der Waals surface area contributed by atoms with Crippen LogP contribution in [0.4, 0.5) is 13.6 Å². The van der Waals surface area contributed by atoms with Gasteiger partial charge >= 0.3 is 6.09 Å². The largest absolute Gasteiger partial charge is 0.453 e. The number of ether oxygens (including phenoxy) is 2. The van der Waals surface area contributed by atoms with Crippen molar-refractivity contribution >= 4 is 28.9 Å². The predicted octanol–water partition coefficient (Wildman–Crippen LogP) is 7.76. The molecule has 2 aromatic heterocycles. The molecule has 0 radical (unpaired) electrons. The van der Waals surface area contributed by atoms with E-state index in [-0.39, 0.29) is 64.2 Å². The molecule has 14 nitrogen and oxygen atoms in total. The number of amides is 3. The van der Waals surface area contributed by atoms with Crippen molar-refractivity contribution in [2.24, 2.45) is 23.2 Å². The van der Waals surface area contributed by atoms with E-state index >= 15 is 8.78 Å². The first-order valence-electron chi connectivity index (χ1n) is 22.8. The molecule has 5 aromatic rings. The number of nitrogens with zero attached hydrogens (tertiary/aromatic N) is 4. The third-order valence-electron chi connectivity index (χ3n) is 14.8. The molecule has 1 spiro atoms. The highest BCUT2D eigenvalue weighted by Crippen LogP contribution is 2.59. The molecule has 2 saturated carbocycles. The van der Waals surface area contributed by atoms with Gasteiger partial charge in [-0.05, 0) is 108 Å². The number of aliphatic hydroxyl groups excluding tert-OH is 1. The van der Waals surface area contributed by atoms with Crippen LogP contribution in [-0.4, -0.2) is 98.1 Å². The van der Waals surface area contributed by atoms with Crippen molar-refractivity contribution in [3.05, 3.63) is 83.6 Å². The number of rotatable bonds is 12. The lowest BCUT2D eigenvalue weighted by molar-refractivity contribution is -0.145. The highest BCUT2D eigenvalue weighted by Gasteiger charge is 2.56. The van der Waals surface area contributed by atoms with E-state index in [0.29, 0.717) is 51.7 Å². The lowest BCUT2D eigenvalue weighted by Crippen LogP contribution is -2.54. The van der Waals surface area contributed by atoms with Crippen molar-refractivity contribution in [1.82, 2.24) is 40.4 Å². The third kappa shape index (κ3) is 7.37. The quantitative estimate of drug-likeness (QED) is 0.0784. The van der Waals surface area contributed by atoms with Crippen molar-refractivity contribution < 1.29 is 37.7 Å². The molecule has 7 unspecified atom stereocenters. The summed E-state index contributed by atoms with van der Waals surface area (Å²) in [6.07, 6.45) is 5.21. The first kappa shape index (κ1) is 43.2. The molecule has 4 heterocycles. The Balaban J connectivity index is 0.895. The average Bonchev–Trinajstić information content (AvgIpc) is 3.95. The number of carbonyl (C=O) groups excluding carboxylic acids is 3. The fraction of sp³-hybridized carbons (Fsp3) is 0.490. The van der Waals surface area contributed by atoms with Gasteiger partial charge in [-0.1, -0.05) is 58.0 Å². The molecule has 7 atom stereocenters. The minimum absolute atomic E-state index is 0.0326. The van der Waals surface area contributed by atoms with Crippen molar-refractivity contribution in [1.29, 1.82) is 0 Å². The van der Waals surface area contributed by atoms with Gasteiger partial charge in [0.25, 0.3) is 5.92 Å². The number of aromatic amines is 2. The number of aromatic nitrogens is 4. The maximum absolute atomic E-state index is 16.7. The van der Waals surface area contributed by atoms with Gasteiger partial charge in [-0.3, -0.25) is 14.9 Å². The van der Waals surface area contributed by atoms with Crippen LogP contribution in [-0.2, 0) is 25.0 Å². The summed E-state index contributed by atoms with van der Waals surface area (Å²) >= 11 is 0. The fourth-order valence-corrected chi connectivity index (χ4v) is 11.1. The Morgan fingerprint density at radius 1 is 0.862 bits per heavy atom. The molecule has 4 fully saturated rings. The molecule has 3 amide bonds. The van der Waals surface area contributed by atoms with E-state index in [4.69, 9.17) is 19.4 Å². The standard InChI is InChI=1S/C49H56F2N8O6/c1-24(2)39(56-46(62)64-5)44(60)58-23-48(15-16-48)21-38(58)42-52-22-37(55-42)28-9-13-32-31-12-8-26(18-33(31)49(50,51)34(32)19-28)27-10-14-35-36(20-27)54-43(53-35)41-29-7-11-30(17-29)59(41)45(61)40(25(3)4)57-47(63)65-6/h8-10,12-14,18-20,22,24-25,29-30,38-41,46,56,62H,7,11,15-17,21,23H2,1-6H3,(H,52,55)(H,53,54)(H,57,63). The molecule has 342 valence electrons. The number of imidazole rings is 2. The number of piperidine rings is 1. The smallest absolute Gasteiger partial charge is 0.407 e. The number of fused-ring (bicyclic) bond motifs is 6. The highest BCUT2D eigenvalue weighted by molar-refractivity contribution is 5.89. The predicted molar refractivity (Wildman–Crippen MR) is 238 cm³/mol. The van der Waals surface area contributed by atoms with Gasteiger partial charge in [-0.2, -0.15) is 8.78 Å². The topological polar surface area (TPSA) is 178 Å². The van der Waals surface area contributed by atoms with Crippen molar-refractivity contribution in [2.75, 3.05) is 20.8 Å². The van der Waals surface area contributed by atoms with Crippen LogP contribution < -0.4 is 10.6 Å². The number of methoxy groups -OCH3 is 2. The number of alkyl halides is 2. The van der Waals surface area contributed by atoms with Crippen molar-refractivity contribution in [2.45, 2.75) is 109 Å². The SMILES string of the molecule is COC(=O)NC(C(=O)N1C2CCC(C2)C1c1nc2ccc(-c3ccc4c(c3)C(F)(F)c3cc(-c5cnc(C6CC7(CC7)CN6C(=O)C(NC(O)OC)C(C)C)[nH]5)ccc3-4)cc2[nH]1)C(C)C. The van der Waals surface area contributed by atoms with Gasteiger partial charge in [0, 0.05) is 36.4 Å². The first-order chi connectivity index (χ1) is 31.1. The van der Waals surface area contributed by atoms with Crippen LogP contribution in [0.2, 0.25) is 0 Å². The van der Waals surface area contributed by atoms with E-state index in [1.54, 1.807) is 24.4 Å². The minimum atomic E-state index is -3.28. The maximum atomic E-state index is 16.7. The number of benzene rings is 3. The van der Waals surface area contributed by atoms with Crippen LogP contribution >= 0.6 is 0 Å². The Hall–Kier alpha value is -5.71. The lowest BCUT2D eigenvalue weighted by Gasteiger charge is -2.37. The number of H-pyrrole nitrogens is 2. The van der Waals surface area contributed by atoms with Crippen LogP contribution in [0, 0.1) is 23.2 Å². The van der Waals surface area contributed by atoms with E-state index in [1.165, 1.54) is 20.3 Å². The van der Waals surface area contributed by atoms with Crippen molar-refractivity contribution in [3.63, 3.8) is 0 Å². The van der Waals surface area contributed by atoms with Crippen molar-refractivity contribution in [3.8, 4) is 33.5 Å². The zero-order chi connectivity index (χ0) is 45.7. The van der Waals surface area contributed by atoms with Crippen LogP contribution in [0.5, 0.6) is 0 Å². The second-order valence-corrected chi connectivity index (χ2v) is 19.6. The van der Waals surface area contributed by atoms with Crippen LogP contribution in [0.15, 0.2) is 60.8 Å². The molecule has 3 aromatic carbocycles. The van der Waals surface area contributed by atoms with Gasteiger partial charge < -0.3 is 39.7 Å². The molecule has 5 N–H and O–H groups in total. The Kier molecular flexibility index (Phi) is 10.6. The summed E-state index contributed by atoms with van der Waals surface area (Å²) in [7, 11) is 2.64. The molecular formula is C49H56F2N8O6. The monoisotopic (exact) mass is 890 g/mol. The maximum Gasteiger partial charge on any atom is 0.407 e. The number of likely N-dealkylation sites (tertiary alicyclic amines) is 2. The Bertz CT molecular complexity index is 2690. The Morgan fingerprint density at radius 2 is 1.54 bits per heavy atom. The number of nitrogens with one attached hydrogen (secondary N) is 4. The zero-order valence-electron chi connectivity index (χ0n) is 37.5. The summed E-state index contributed by atoms with van der Waals surface area (Å²) in [5.41, 5.74) is 4.77. The molecule has 2 bridgehead atoms. The number of carbonyl (C=O) groups is 3. The van der Waals surface area contributed by atoms with Gasteiger partial charge in [0.2, 0.25) is 18.2 Å². The minimum Gasteiger partial charge on any atom is -0.453 e. The van der Waals surface area contributed by atoms with E-state index < -0.39 is 30.5 Å². The second-order valence-electron chi connectivity index (χ2n) is 19.6. The van der Waals surface area contributed by atoms with E-state index in [2.05, 4.69) is 20.6 Å². The van der Waals surface area contributed by atoms with Gasteiger partial charge in [-0.25, -0.2) is 14.8 Å². The summed E-state index contributed by atoms with van der Waals surface area (Å²) < 4.78 is 43.2. The number of alkyl carbamates (subject to hydrolysis) is 1. The van der Waals surface area contributed by atoms with Crippen LogP contribution in [0.3, 0.4) is 0 Å². The van der Waals surface area contributed by atoms with Crippen LogP contribution in [0.25, 0.3) is 44.5 Å². The Labute approximate surface area is 375 Å². The molecule has 16 heteroatoms. The van der Waals surface area contributed by atoms with Gasteiger partial charge in [0.1, 0.15) is 17.7 Å². The highest BCUT2D eigenvalue weighted by atomic mass is 19.3. The molecule has 65 heavy (non-hydrogen) atoms. The zero-order valence-corrected chi connectivity index (χ0v) is 37.5. The summed E-state index contributed by atoms with van der Waals surface area (Å²) in [5, 5.41) is 15.8. The Morgan fingerprint density at radius 3 is 2.22 bits per heavy atom. The van der Waals surface area contributed by atoms with Gasteiger partial charge in [0.05, 0.1) is 48.2 Å². The molecule has 3 aliphatic carbocycles. The summed E-state index contributed by atoms with van der Waals surface area (Å²) in [5.74, 6) is -2.37. The third-order valence-corrected chi connectivity index (χ3v) is 14.8. The number of hydrogen-bond acceptors (Lipinski definition) is 9. The summed E-state index contributed by atoms with van der Waals surface area (Å²) in [6, 6.07) is 14.0. The summed E-state index contributed by atoms with van der Waals surface area (Å²) in [4.78, 5) is 60.6. The van der Waals surface area contributed by atoms with Crippen LogP contribution in [0.1, 0.15) is 101 Å². The molecule has 5 aliphatic rings. The second kappa shape index (κ2) is 16.0. The number of aliphatic hydroxyl groups is 1. The number of halogens is 2. The molecule has 2 aliphatic heterocycles.